The molecule has 2 aromatic carbocycles. The minimum Gasteiger partial charge on any atom is -0.463 e. The number of likely N-dealkylation sites (tertiary alicyclic amines) is 1. The van der Waals surface area contributed by atoms with Crippen LogP contribution in [0.2, 0.25) is 0 Å². The number of nitrogens with zero attached hydrogens (tertiary/aromatic N) is 4. The number of benzene rings is 2. The van der Waals surface area contributed by atoms with Crippen LogP contribution in [0.3, 0.4) is 0 Å². The number of hydrogen-bond acceptors (Lipinski definition) is 5. The van der Waals surface area contributed by atoms with Crippen LogP contribution in [0.25, 0.3) is 11.4 Å². The van der Waals surface area contributed by atoms with Gasteiger partial charge in [-0.2, -0.15) is 18.2 Å². The van der Waals surface area contributed by atoms with Gasteiger partial charge in [-0.3, -0.25) is 4.79 Å². The van der Waals surface area contributed by atoms with Crippen molar-refractivity contribution in [1.29, 1.82) is 0 Å². The van der Waals surface area contributed by atoms with Gasteiger partial charge >= 0.3 is 12.2 Å². The van der Waals surface area contributed by atoms with Crippen LogP contribution in [0.4, 0.5) is 18.9 Å². The molecule has 1 saturated heterocycles. The molecule has 0 atom stereocenters. The molecule has 0 aliphatic carbocycles. The number of aromatic nitrogens is 3. The summed E-state index contributed by atoms with van der Waals surface area (Å²) in [5, 5.41) is 7.29. The maximum atomic E-state index is 13.0. The molecule has 0 saturated carbocycles. The SMILES string of the molecule is CCOc1nc(-c2ccc(C(=O)N3CCCCCC3)cc2)n(CNc2cccc(C(F)(F)F)c2)n1. The van der Waals surface area contributed by atoms with E-state index in [1.807, 2.05) is 11.8 Å². The number of halogens is 3. The van der Waals surface area contributed by atoms with Gasteiger partial charge in [-0.1, -0.05) is 31.0 Å². The molecule has 186 valence electrons. The summed E-state index contributed by atoms with van der Waals surface area (Å²) in [6.07, 6.45) is -0.0904. The van der Waals surface area contributed by atoms with E-state index in [1.165, 1.54) is 10.7 Å². The predicted octanol–water partition coefficient (Wildman–Crippen LogP) is 5.45. The second kappa shape index (κ2) is 10.8. The molecule has 0 bridgehead atoms. The van der Waals surface area contributed by atoms with Gasteiger partial charge in [0.15, 0.2) is 5.82 Å². The van der Waals surface area contributed by atoms with E-state index in [0.717, 1.165) is 50.9 Å². The van der Waals surface area contributed by atoms with Crippen molar-refractivity contribution in [3.05, 3.63) is 59.7 Å². The molecular formula is C25H28F3N5O2. The van der Waals surface area contributed by atoms with Crippen LogP contribution in [0, 0.1) is 0 Å². The van der Waals surface area contributed by atoms with E-state index in [-0.39, 0.29) is 18.6 Å². The van der Waals surface area contributed by atoms with Crippen LogP contribution in [0.1, 0.15) is 48.5 Å². The quantitative estimate of drug-likeness (QED) is 0.480. The van der Waals surface area contributed by atoms with Crippen molar-refractivity contribution in [2.45, 2.75) is 45.5 Å². The molecule has 1 aliphatic heterocycles. The first-order chi connectivity index (χ1) is 16.8. The van der Waals surface area contributed by atoms with Gasteiger partial charge in [-0.15, -0.1) is 5.10 Å². The lowest BCUT2D eigenvalue weighted by Crippen LogP contribution is -2.31. The molecule has 10 heteroatoms. The van der Waals surface area contributed by atoms with Gasteiger partial charge < -0.3 is 15.0 Å². The number of anilines is 1. The van der Waals surface area contributed by atoms with Crippen LogP contribution in [-0.2, 0) is 12.8 Å². The first-order valence-corrected chi connectivity index (χ1v) is 11.7. The number of nitrogens with one attached hydrogen (secondary N) is 1. The zero-order valence-electron chi connectivity index (χ0n) is 19.5. The lowest BCUT2D eigenvalue weighted by molar-refractivity contribution is -0.137. The van der Waals surface area contributed by atoms with Crippen LogP contribution in [-0.4, -0.2) is 45.3 Å². The first-order valence-electron chi connectivity index (χ1n) is 11.7. The molecule has 0 spiro atoms. The van der Waals surface area contributed by atoms with E-state index in [2.05, 4.69) is 15.4 Å². The van der Waals surface area contributed by atoms with Gasteiger partial charge in [0.05, 0.1) is 12.2 Å². The van der Waals surface area contributed by atoms with Gasteiger partial charge in [-0.25, -0.2) is 4.68 Å². The van der Waals surface area contributed by atoms with Crippen LogP contribution in [0.15, 0.2) is 48.5 Å². The molecule has 2 heterocycles. The van der Waals surface area contributed by atoms with Crippen molar-refractivity contribution in [2.75, 3.05) is 25.0 Å². The van der Waals surface area contributed by atoms with Crippen LogP contribution in [0.5, 0.6) is 6.01 Å². The van der Waals surface area contributed by atoms with E-state index in [9.17, 15) is 18.0 Å². The summed E-state index contributed by atoms with van der Waals surface area (Å²) in [5.41, 5.74) is 0.883. The van der Waals surface area contributed by atoms with E-state index in [1.54, 1.807) is 30.3 Å². The highest BCUT2D eigenvalue weighted by atomic mass is 19.4. The third kappa shape index (κ3) is 6.12. The normalized spacial score (nSPS) is 14.5. The van der Waals surface area contributed by atoms with E-state index >= 15 is 0 Å². The minimum atomic E-state index is -4.43. The highest BCUT2D eigenvalue weighted by molar-refractivity contribution is 5.94. The number of carbonyl (C=O) groups is 1. The lowest BCUT2D eigenvalue weighted by atomic mass is 10.1. The summed E-state index contributed by atoms with van der Waals surface area (Å²) in [5.74, 6) is 0.489. The van der Waals surface area contributed by atoms with Crippen molar-refractivity contribution < 1.29 is 22.7 Å². The van der Waals surface area contributed by atoms with Crippen LogP contribution < -0.4 is 10.1 Å². The molecule has 7 nitrogen and oxygen atoms in total. The average molecular weight is 488 g/mol. The number of amides is 1. The average Bonchev–Trinajstić information content (AvgIpc) is 3.06. The summed E-state index contributed by atoms with van der Waals surface area (Å²) >= 11 is 0. The Morgan fingerprint density at radius 1 is 1.06 bits per heavy atom. The summed E-state index contributed by atoms with van der Waals surface area (Å²) in [6.45, 7) is 3.80. The van der Waals surface area contributed by atoms with Gasteiger partial charge in [0.2, 0.25) is 0 Å². The number of carbonyl (C=O) groups excluding carboxylic acids is 1. The number of hydrogen-bond donors (Lipinski definition) is 1. The number of alkyl halides is 3. The van der Waals surface area contributed by atoms with Crippen molar-refractivity contribution in [3.63, 3.8) is 0 Å². The van der Waals surface area contributed by atoms with Crippen LogP contribution >= 0.6 is 0 Å². The minimum absolute atomic E-state index is 0.0149. The smallest absolute Gasteiger partial charge is 0.416 e. The summed E-state index contributed by atoms with van der Waals surface area (Å²) < 4.78 is 46.1. The fourth-order valence-corrected chi connectivity index (χ4v) is 4.03. The fourth-order valence-electron chi connectivity index (χ4n) is 4.03. The number of rotatable bonds is 7. The molecular weight excluding hydrogens is 459 g/mol. The summed E-state index contributed by atoms with van der Waals surface area (Å²) in [4.78, 5) is 19.2. The predicted molar refractivity (Wildman–Crippen MR) is 126 cm³/mol. The molecule has 0 radical (unpaired) electrons. The zero-order valence-corrected chi connectivity index (χ0v) is 19.5. The van der Waals surface area contributed by atoms with Gasteiger partial charge in [0.1, 0.15) is 6.67 Å². The summed E-state index contributed by atoms with van der Waals surface area (Å²) in [7, 11) is 0. The van der Waals surface area contributed by atoms with E-state index in [0.29, 0.717) is 29.2 Å². The second-order valence-corrected chi connectivity index (χ2v) is 8.35. The Morgan fingerprint density at radius 3 is 2.43 bits per heavy atom. The highest BCUT2D eigenvalue weighted by Gasteiger charge is 2.30. The lowest BCUT2D eigenvalue weighted by Gasteiger charge is -2.20. The Hall–Kier alpha value is -3.56. The van der Waals surface area contributed by atoms with Crippen molar-refractivity contribution in [3.8, 4) is 17.4 Å². The molecule has 1 amide bonds. The third-order valence-electron chi connectivity index (χ3n) is 5.83. The van der Waals surface area contributed by atoms with Gasteiger partial charge in [-0.05, 0) is 50.1 Å². The highest BCUT2D eigenvalue weighted by Crippen LogP contribution is 2.31. The Labute approximate surface area is 201 Å². The largest absolute Gasteiger partial charge is 0.463 e. The monoisotopic (exact) mass is 487 g/mol. The van der Waals surface area contributed by atoms with Gasteiger partial charge in [0.25, 0.3) is 5.91 Å². The Balaban J connectivity index is 1.53. The third-order valence-corrected chi connectivity index (χ3v) is 5.83. The topological polar surface area (TPSA) is 72.3 Å². The fraction of sp³-hybridized carbons (Fsp3) is 0.400. The zero-order chi connectivity index (χ0) is 24.8. The second-order valence-electron chi connectivity index (χ2n) is 8.35. The molecule has 3 aromatic rings. The van der Waals surface area contributed by atoms with Crippen molar-refractivity contribution >= 4 is 11.6 Å². The maximum absolute atomic E-state index is 13.0. The van der Waals surface area contributed by atoms with Crippen molar-refractivity contribution in [2.24, 2.45) is 0 Å². The molecule has 1 N–H and O–H groups in total. The number of ether oxygens (including phenoxy) is 1. The Bertz CT molecular complexity index is 1140. The summed E-state index contributed by atoms with van der Waals surface area (Å²) in [6, 6.07) is 12.3. The molecule has 1 aromatic heterocycles. The van der Waals surface area contributed by atoms with E-state index in [4.69, 9.17) is 4.74 Å². The molecule has 35 heavy (non-hydrogen) atoms. The first kappa shape index (κ1) is 24.6. The Morgan fingerprint density at radius 2 is 1.77 bits per heavy atom. The van der Waals surface area contributed by atoms with Gasteiger partial charge in [0, 0.05) is 29.9 Å². The standard InChI is InChI=1S/C25H28F3N5O2/c1-2-35-24-30-22(33(31-24)17-29-21-9-7-8-20(16-21)25(26,27)28)18-10-12-19(13-11-18)23(34)32-14-5-3-4-6-15-32/h7-13,16,29H,2-6,14-15,17H2,1H3. The van der Waals surface area contributed by atoms with Crippen molar-refractivity contribution in [1.82, 2.24) is 19.7 Å². The maximum Gasteiger partial charge on any atom is 0.416 e. The molecule has 4 rings (SSSR count). The molecule has 1 fully saturated rings. The van der Waals surface area contributed by atoms with E-state index < -0.39 is 11.7 Å². The molecule has 0 unspecified atom stereocenters. The molecule has 1 aliphatic rings. The Kier molecular flexibility index (Phi) is 7.57.